The molecule has 0 bridgehead atoms. The Morgan fingerprint density at radius 2 is 1.85 bits per heavy atom. The number of aromatic nitrogens is 1. The summed E-state index contributed by atoms with van der Waals surface area (Å²) in [7, 11) is 0. The van der Waals surface area contributed by atoms with Gasteiger partial charge >= 0.3 is 0 Å². The third kappa shape index (κ3) is 2.03. The Hall–Kier alpha value is -1.71. The first-order valence-corrected chi connectivity index (χ1v) is 7.18. The number of fused-ring (bicyclic) bond motifs is 1. The second-order valence-corrected chi connectivity index (χ2v) is 5.43. The molecule has 4 rings (SSSR count). The Labute approximate surface area is 118 Å². The van der Waals surface area contributed by atoms with Gasteiger partial charge in [-0.25, -0.2) is 4.98 Å². The number of nitrogens with zero attached hydrogens (tertiary/aromatic N) is 1. The van der Waals surface area contributed by atoms with E-state index >= 15 is 0 Å². The van der Waals surface area contributed by atoms with Crippen LogP contribution in [0, 0.1) is 0 Å². The first kappa shape index (κ1) is 12.1. The van der Waals surface area contributed by atoms with E-state index in [0.29, 0.717) is 0 Å². The first-order valence-electron chi connectivity index (χ1n) is 7.18. The van der Waals surface area contributed by atoms with Crippen LogP contribution in [-0.4, -0.2) is 24.0 Å². The molecule has 2 heterocycles. The fraction of sp³-hybridized carbons (Fsp3) is 0.353. The molecule has 1 aliphatic heterocycles. The van der Waals surface area contributed by atoms with Crippen molar-refractivity contribution in [2.75, 3.05) is 13.2 Å². The normalized spacial score (nSPS) is 21.3. The van der Waals surface area contributed by atoms with Crippen LogP contribution in [0.5, 0.6) is 0 Å². The van der Waals surface area contributed by atoms with Crippen molar-refractivity contribution in [1.82, 2.24) is 4.98 Å². The maximum atomic E-state index is 5.75. The lowest BCUT2D eigenvalue weighted by Crippen LogP contribution is -2.31. The molecule has 0 atom stereocenters. The van der Waals surface area contributed by atoms with Crippen LogP contribution in [-0.2, 0) is 9.47 Å². The highest BCUT2D eigenvalue weighted by Crippen LogP contribution is 2.37. The molecule has 0 amide bonds. The van der Waals surface area contributed by atoms with Crippen LogP contribution in [0.25, 0.3) is 16.5 Å². The molecular weight excluding hydrogens is 250 g/mol. The molecule has 2 aliphatic rings. The predicted octanol–water partition coefficient (Wildman–Crippen LogP) is 3.55. The SMILES string of the molecule is C1=C(c2ccc3ccccc3n2)CCC2(C1)OCCO2. The summed E-state index contributed by atoms with van der Waals surface area (Å²) < 4.78 is 11.5. The van der Waals surface area contributed by atoms with Gasteiger partial charge in [0.2, 0.25) is 0 Å². The molecule has 0 radical (unpaired) electrons. The maximum Gasteiger partial charge on any atom is 0.172 e. The van der Waals surface area contributed by atoms with Gasteiger partial charge in [-0.1, -0.05) is 30.3 Å². The molecule has 1 spiro atoms. The Balaban J connectivity index is 1.64. The molecule has 1 aliphatic carbocycles. The van der Waals surface area contributed by atoms with Crippen molar-refractivity contribution >= 4 is 16.5 Å². The van der Waals surface area contributed by atoms with E-state index in [-0.39, 0.29) is 5.79 Å². The molecule has 0 saturated carbocycles. The summed E-state index contributed by atoms with van der Waals surface area (Å²) in [6.07, 6.45) is 4.95. The molecule has 1 fully saturated rings. The van der Waals surface area contributed by atoms with Crippen molar-refractivity contribution in [3.63, 3.8) is 0 Å². The van der Waals surface area contributed by atoms with E-state index in [1.165, 1.54) is 11.0 Å². The number of allylic oxidation sites excluding steroid dienone is 1. The topological polar surface area (TPSA) is 31.4 Å². The van der Waals surface area contributed by atoms with E-state index < -0.39 is 0 Å². The summed E-state index contributed by atoms with van der Waals surface area (Å²) in [5.41, 5.74) is 3.44. The van der Waals surface area contributed by atoms with Gasteiger partial charge in [-0.2, -0.15) is 0 Å². The quantitative estimate of drug-likeness (QED) is 0.792. The lowest BCUT2D eigenvalue weighted by molar-refractivity contribution is -0.159. The lowest BCUT2D eigenvalue weighted by Gasteiger charge is -2.30. The largest absolute Gasteiger partial charge is 0.347 e. The van der Waals surface area contributed by atoms with Crippen molar-refractivity contribution in [3.8, 4) is 0 Å². The zero-order chi connectivity index (χ0) is 13.4. The third-order valence-electron chi connectivity index (χ3n) is 4.18. The number of ether oxygens (including phenoxy) is 2. The van der Waals surface area contributed by atoms with E-state index in [1.807, 2.05) is 12.1 Å². The van der Waals surface area contributed by atoms with Gasteiger partial charge in [0.25, 0.3) is 0 Å². The van der Waals surface area contributed by atoms with Gasteiger partial charge < -0.3 is 9.47 Å². The molecule has 1 saturated heterocycles. The Morgan fingerprint density at radius 3 is 2.65 bits per heavy atom. The molecule has 20 heavy (non-hydrogen) atoms. The van der Waals surface area contributed by atoms with Crippen LogP contribution < -0.4 is 0 Å². The number of para-hydroxylation sites is 1. The summed E-state index contributed by atoms with van der Waals surface area (Å²) in [6.45, 7) is 1.44. The summed E-state index contributed by atoms with van der Waals surface area (Å²) in [5, 5.41) is 1.19. The van der Waals surface area contributed by atoms with E-state index in [1.54, 1.807) is 0 Å². The van der Waals surface area contributed by atoms with Crippen LogP contribution in [0.2, 0.25) is 0 Å². The number of hydrogen-bond donors (Lipinski definition) is 0. The number of benzene rings is 1. The Morgan fingerprint density at radius 1 is 1.00 bits per heavy atom. The molecule has 1 aromatic heterocycles. The second-order valence-electron chi connectivity index (χ2n) is 5.43. The summed E-state index contributed by atoms with van der Waals surface area (Å²) >= 11 is 0. The van der Waals surface area contributed by atoms with Crippen molar-refractivity contribution < 1.29 is 9.47 Å². The van der Waals surface area contributed by atoms with Crippen molar-refractivity contribution in [3.05, 3.63) is 48.2 Å². The zero-order valence-electron chi connectivity index (χ0n) is 11.3. The Bertz CT molecular complexity index is 671. The minimum Gasteiger partial charge on any atom is -0.347 e. The molecule has 3 nitrogen and oxygen atoms in total. The lowest BCUT2D eigenvalue weighted by atomic mass is 9.92. The number of pyridine rings is 1. The van der Waals surface area contributed by atoms with Gasteiger partial charge in [-0.05, 0) is 24.1 Å². The predicted molar refractivity (Wildman–Crippen MR) is 78.2 cm³/mol. The van der Waals surface area contributed by atoms with Gasteiger partial charge in [0.1, 0.15) is 0 Å². The highest BCUT2D eigenvalue weighted by molar-refractivity contribution is 5.81. The van der Waals surface area contributed by atoms with Crippen molar-refractivity contribution in [1.29, 1.82) is 0 Å². The van der Waals surface area contributed by atoms with E-state index in [0.717, 1.165) is 43.7 Å². The standard InChI is InChI=1S/C17H17NO2/c1-2-4-15-13(3-1)5-6-16(18-15)14-7-9-17(10-8-14)19-11-12-20-17/h1-7H,8-12H2. The van der Waals surface area contributed by atoms with Gasteiger partial charge in [0.05, 0.1) is 24.4 Å². The summed E-state index contributed by atoms with van der Waals surface area (Å²) in [6, 6.07) is 12.5. The smallest absolute Gasteiger partial charge is 0.172 e. The maximum absolute atomic E-state index is 5.75. The highest BCUT2D eigenvalue weighted by atomic mass is 16.7. The fourth-order valence-corrected chi connectivity index (χ4v) is 3.04. The summed E-state index contributed by atoms with van der Waals surface area (Å²) in [5.74, 6) is -0.347. The molecule has 0 unspecified atom stereocenters. The Kier molecular flexibility index (Phi) is 2.83. The van der Waals surface area contributed by atoms with Crippen LogP contribution in [0.4, 0.5) is 0 Å². The number of rotatable bonds is 1. The van der Waals surface area contributed by atoms with Gasteiger partial charge in [-0.3, -0.25) is 0 Å². The molecule has 2 aromatic rings. The molecule has 3 heteroatoms. The average Bonchev–Trinajstić information content (AvgIpc) is 2.96. The van der Waals surface area contributed by atoms with Gasteiger partial charge in [0.15, 0.2) is 5.79 Å². The van der Waals surface area contributed by atoms with Gasteiger partial charge in [-0.15, -0.1) is 0 Å². The molecule has 1 aromatic carbocycles. The minimum absolute atomic E-state index is 0.347. The molecular formula is C17H17NO2. The van der Waals surface area contributed by atoms with E-state index in [2.05, 4.69) is 30.3 Å². The highest BCUT2D eigenvalue weighted by Gasteiger charge is 2.37. The second kappa shape index (κ2) is 4.69. The third-order valence-corrected chi connectivity index (χ3v) is 4.18. The van der Waals surface area contributed by atoms with Crippen LogP contribution >= 0.6 is 0 Å². The first-order chi connectivity index (χ1) is 9.85. The van der Waals surface area contributed by atoms with E-state index in [9.17, 15) is 0 Å². The van der Waals surface area contributed by atoms with Crippen molar-refractivity contribution in [2.45, 2.75) is 25.0 Å². The number of hydrogen-bond acceptors (Lipinski definition) is 3. The van der Waals surface area contributed by atoms with E-state index in [4.69, 9.17) is 14.5 Å². The van der Waals surface area contributed by atoms with Crippen molar-refractivity contribution in [2.24, 2.45) is 0 Å². The van der Waals surface area contributed by atoms with Crippen LogP contribution in [0.3, 0.4) is 0 Å². The minimum atomic E-state index is -0.347. The summed E-state index contributed by atoms with van der Waals surface area (Å²) in [4.78, 5) is 4.76. The molecule has 0 N–H and O–H groups in total. The van der Waals surface area contributed by atoms with Crippen LogP contribution in [0.1, 0.15) is 25.0 Å². The fourth-order valence-electron chi connectivity index (χ4n) is 3.04. The average molecular weight is 267 g/mol. The molecule has 102 valence electrons. The van der Waals surface area contributed by atoms with Crippen LogP contribution in [0.15, 0.2) is 42.5 Å². The zero-order valence-corrected chi connectivity index (χ0v) is 11.3. The monoisotopic (exact) mass is 267 g/mol. The van der Waals surface area contributed by atoms with Gasteiger partial charge in [0, 0.05) is 18.2 Å².